The van der Waals surface area contributed by atoms with Crippen molar-refractivity contribution in [2.45, 2.75) is 52.4 Å². The van der Waals surface area contributed by atoms with E-state index in [2.05, 4.69) is 13.8 Å². The number of hydrogen-bond acceptors (Lipinski definition) is 2. The Balaban J connectivity index is 2.77. The maximum atomic E-state index is 11.7. The van der Waals surface area contributed by atoms with Crippen LogP contribution in [0.25, 0.3) is 0 Å². The fourth-order valence-electron chi connectivity index (χ4n) is 3.20. The normalized spacial score (nSPS) is 31.1. The van der Waals surface area contributed by atoms with E-state index in [0.29, 0.717) is 12.5 Å². The van der Waals surface area contributed by atoms with E-state index in [1.807, 2.05) is 0 Å². The number of rotatable bonds is 6. The van der Waals surface area contributed by atoms with E-state index in [0.717, 1.165) is 32.1 Å². The van der Waals surface area contributed by atoms with Gasteiger partial charge in [0.25, 0.3) is 0 Å². The Hall–Kier alpha value is -0.570. The lowest BCUT2D eigenvalue weighted by Crippen LogP contribution is -2.42. The van der Waals surface area contributed by atoms with Crippen LogP contribution < -0.4 is 0 Å². The Morgan fingerprint density at radius 1 is 1.59 bits per heavy atom. The van der Waals surface area contributed by atoms with E-state index in [9.17, 15) is 9.90 Å². The van der Waals surface area contributed by atoms with Gasteiger partial charge in [-0.1, -0.05) is 33.1 Å². The van der Waals surface area contributed by atoms with E-state index >= 15 is 0 Å². The summed E-state index contributed by atoms with van der Waals surface area (Å²) in [4.78, 5) is 11.7. The molecule has 0 aliphatic heterocycles. The number of hydrogen-bond donors (Lipinski definition) is 1. The second-order valence-electron chi connectivity index (χ2n) is 5.51. The van der Waals surface area contributed by atoms with Gasteiger partial charge in [0.1, 0.15) is 0 Å². The lowest BCUT2D eigenvalue weighted by atomic mass is 9.62. The highest BCUT2D eigenvalue weighted by molar-refractivity contribution is 5.75. The Morgan fingerprint density at radius 2 is 2.29 bits per heavy atom. The molecule has 0 bridgehead atoms. The Labute approximate surface area is 105 Å². The SMILES string of the molecule is CCC1CCCC(C(=O)O)(C(C)CCOC)C1. The molecule has 1 rings (SSSR count). The van der Waals surface area contributed by atoms with Crippen LogP contribution in [0.15, 0.2) is 0 Å². The molecule has 0 spiro atoms. The molecule has 1 N–H and O–H groups in total. The van der Waals surface area contributed by atoms with Crippen molar-refractivity contribution in [3.63, 3.8) is 0 Å². The van der Waals surface area contributed by atoms with Crippen LogP contribution in [0.4, 0.5) is 0 Å². The summed E-state index contributed by atoms with van der Waals surface area (Å²) in [7, 11) is 1.68. The van der Waals surface area contributed by atoms with Crippen molar-refractivity contribution in [1.82, 2.24) is 0 Å². The van der Waals surface area contributed by atoms with Crippen LogP contribution in [0.3, 0.4) is 0 Å². The molecule has 0 saturated heterocycles. The minimum absolute atomic E-state index is 0.203. The molecule has 1 aliphatic rings. The van der Waals surface area contributed by atoms with Crippen molar-refractivity contribution < 1.29 is 14.6 Å². The van der Waals surface area contributed by atoms with Gasteiger partial charge >= 0.3 is 5.97 Å². The van der Waals surface area contributed by atoms with Crippen LogP contribution >= 0.6 is 0 Å². The zero-order valence-electron chi connectivity index (χ0n) is 11.4. The predicted molar refractivity (Wildman–Crippen MR) is 68.0 cm³/mol. The average Bonchev–Trinajstić information content (AvgIpc) is 2.35. The number of ether oxygens (including phenoxy) is 1. The molecular weight excluding hydrogens is 216 g/mol. The van der Waals surface area contributed by atoms with Crippen LogP contribution in [-0.2, 0) is 9.53 Å². The first kappa shape index (κ1) is 14.5. The van der Waals surface area contributed by atoms with Crippen molar-refractivity contribution in [3.8, 4) is 0 Å². The molecule has 0 aromatic carbocycles. The van der Waals surface area contributed by atoms with Gasteiger partial charge in [0, 0.05) is 13.7 Å². The van der Waals surface area contributed by atoms with Gasteiger partial charge in [-0.2, -0.15) is 0 Å². The van der Waals surface area contributed by atoms with Crippen molar-refractivity contribution in [3.05, 3.63) is 0 Å². The maximum absolute atomic E-state index is 11.7. The lowest BCUT2D eigenvalue weighted by Gasteiger charge is -2.41. The van der Waals surface area contributed by atoms with Gasteiger partial charge in [0.05, 0.1) is 5.41 Å². The zero-order chi connectivity index (χ0) is 12.9. The van der Waals surface area contributed by atoms with Crippen LogP contribution in [-0.4, -0.2) is 24.8 Å². The summed E-state index contributed by atoms with van der Waals surface area (Å²) in [5.41, 5.74) is -0.503. The summed E-state index contributed by atoms with van der Waals surface area (Å²) in [6.07, 6.45) is 5.89. The molecule has 3 atom stereocenters. The van der Waals surface area contributed by atoms with Gasteiger partial charge < -0.3 is 9.84 Å². The first-order valence-corrected chi connectivity index (χ1v) is 6.79. The maximum Gasteiger partial charge on any atom is 0.309 e. The summed E-state index contributed by atoms with van der Waals surface area (Å²) in [6, 6.07) is 0. The largest absolute Gasteiger partial charge is 0.481 e. The van der Waals surface area contributed by atoms with Gasteiger partial charge in [0.15, 0.2) is 0 Å². The molecule has 0 heterocycles. The Bertz CT molecular complexity index is 252. The highest BCUT2D eigenvalue weighted by atomic mass is 16.5. The number of carbonyl (C=O) groups is 1. The second-order valence-corrected chi connectivity index (χ2v) is 5.51. The van der Waals surface area contributed by atoms with Crippen LogP contribution in [0.5, 0.6) is 0 Å². The van der Waals surface area contributed by atoms with E-state index in [1.165, 1.54) is 6.42 Å². The molecule has 3 unspecified atom stereocenters. The number of aliphatic carboxylic acids is 1. The third-order valence-electron chi connectivity index (χ3n) is 4.59. The summed E-state index contributed by atoms with van der Waals surface area (Å²) in [5, 5.41) is 9.63. The smallest absolute Gasteiger partial charge is 0.309 e. The van der Waals surface area contributed by atoms with Gasteiger partial charge in [0.2, 0.25) is 0 Å². The molecule has 100 valence electrons. The quantitative estimate of drug-likeness (QED) is 0.777. The average molecular weight is 242 g/mol. The number of methoxy groups -OCH3 is 1. The van der Waals surface area contributed by atoms with E-state index in [4.69, 9.17) is 4.74 Å². The molecule has 1 fully saturated rings. The van der Waals surface area contributed by atoms with Crippen molar-refractivity contribution >= 4 is 5.97 Å². The molecule has 0 aromatic rings. The first-order valence-electron chi connectivity index (χ1n) is 6.79. The first-order chi connectivity index (χ1) is 8.06. The molecule has 0 amide bonds. The lowest BCUT2D eigenvalue weighted by molar-refractivity contribution is -0.157. The van der Waals surface area contributed by atoms with Crippen molar-refractivity contribution in [2.24, 2.45) is 17.3 Å². The standard InChI is InChI=1S/C14H26O3/c1-4-12-6-5-8-14(10-12,13(15)16)11(2)7-9-17-3/h11-12H,4-10H2,1-3H3,(H,15,16). The summed E-state index contributed by atoms with van der Waals surface area (Å²) in [5.74, 6) is 0.193. The molecule has 1 aliphatic carbocycles. The van der Waals surface area contributed by atoms with E-state index in [-0.39, 0.29) is 5.92 Å². The third kappa shape index (κ3) is 3.21. The summed E-state index contributed by atoms with van der Waals surface area (Å²) < 4.78 is 5.09. The van der Waals surface area contributed by atoms with Crippen LogP contribution in [0.1, 0.15) is 52.4 Å². The van der Waals surface area contributed by atoms with Crippen molar-refractivity contribution in [2.75, 3.05) is 13.7 Å². The molecule has 0 radical (unpaired) electrons. The highest BCUT2D eigenvalue weighted by Crippen LogP contribution is 2.47. The Kier molecular flexibility index (Phi) is 5.44. The second kappa shape index (κ2) is 6.39. The van der Waals surface area contributed by atoms with Gasteiger partial charge in [-0.3, -0.25) is 4.79 Å². The number of carboxylic acid groups (broad SMARTS) is 1. The van der Waals surface area contributed by atoms with E-state index < -0.39 is 11.4 Å². The predicted octanol–water partition coefficient (Wildman–Crippen LogP) is 3.33. The molecule has 0 aromatic heterocycles. The highest BCUT2D eigenvalue weighted by Gasteiger charge is 2.46. The topological polar surface area (TPSA) is 46.5 Å². The number of carboxylic acids is 1. The van der Waals surface area contributed by atoms with Crippen molar-refractivity contribution in [1.29, 1.82) is 0 Å². The van der Waals surface area contributed by atoms with Gasteiger partial charge in [-0.15, -0.1) is 0 Å². The summed E-state index contributed by atoms with van der Waals surface area (Å²) in [6.45, 7) is 4.90. The summed E-state index contributed by atoms with van der Waals surface area (Å²) >= 11 is 0. The monoisotopic (exact) mass is 242 g/mol. The zero-order valence-corrected chi connectivity index (χ0v) is 11.4. The van der Waals surface area contributed by atoms with E-state index in [1.54, 1.807) is 7.11 Å². The van der Waals surface area contributed by atoms with Gasteiger partial charge in [-0.25, -0.2) is 0 Å². The molecule has 1 saturated carbocycles. The molecule has 17 heavy (non-hydrogen) atoms. The van der Waals surface area contributed by atoms with Crippen LogP contribution in [0, 0.1) is 17.3 Å². The Morgan fingerprint density at radius 3 is 2.82 bits per heavy atom. The molecule has 3 heteroatoms. The minimum Gasteiger partial charge on any atom is -0.481 e. The third-order valence-corrected chi connectivity index (χ3v) is 4.59. The minimum atomic E-state index is -0.598. The fraction of sp³-hybridized carbons (Fsp3) is 0.929. The molecular formula is C14H26O3. The van der Waals surface area contributed by atoms with Gasteiger partial charge in [-0.05, 0) is 31.1 Å². The fourth-order valence-corrected chi connectivity index (χ4v) is 3.20. The van der Waals surface area contributed by atoms with Crippen LogP contribution in [0.2, 0.25) is 0 Å². The molecule has 3 nitrogen and oxygen atoms in total.